The van der Waals surface area contributed by atoms with Gasteiger partial charge in [-0.05, 0) is 25.7 Å². The molecule has 15 heavy (non-hydrogen) atoms. The Labute approximate surface area is 109 Å². The van der Waals surface area contributed by atoms with Crippen LogP contribution in [0.15, 0.2) is 18.2 Å². The fourth-order valence-electron chi connectivity index (χ4n) is 1.75. The zero-order chi connectivity index (χ0) is 11.1. The van der Waals surface area contributed by atoms with Crippen molar-refractivity contribution in [3.63, 3.8) is 0 Å². The molecule has 1 saturated carbocycles. The maximum atomic E-state index is 5.77. The number of halogens is 1. The van der Waals surface area contributed by atoms with Gasteiger partial charge in [-0.2, -0.15) is 17.7 Å². The molecule has 0 N–H and O–H groups in total. The normalized spacial score (nSPS) is 15.7. The van der Waals surface area contributed by atoms with Crippen molar-refractivity contribution in [2.75, 3.05) is 0 Å². The molecule has 1 fully saturated rings. The summed E-state index contributed by atoms with van der Waals surface area (Å²) in [5.41, 5.74) is 1.23. The van der Waals surface area contributed by atoms with Crippen molar-refractivity contribution in [1.29, 1.82) is 0 Å². The van der Waals surface area contributed by atoms with Crippen LogP contribution in [-0.2, 0) is 16.3 Å². The molecular formula is C12H15BrOZn. The Morgan fingerprint density at radius 3 is 2.53 bits per heavy atom. The summed E-state index contributed by atoms with van der Waals surface area (Å²) in [5, 5.41) is 0. The third-order valence-corrected chi connectivity index (χ3v) is 2.54. The summed E-state index contributed by atoms with van der Waals surface area (Å²) in [5.74, 6) is 0.900. The van der Waals surface area contributed by atoms with Crippen LogP contribution in [0, 0.1) is 13.0 Å². The van der Waals surface area contributed by atoms with Gasteiger partial charge in [0, 0.05) is 5.75 Å². The number of ether oxygens (including phenoxy) is 1. The average molecular weight is 321 g/mol. The van der Waals surface area contributed by atoms with E-state index in [9.17, 15) is 0 Å². The van der Waals surface area contributed by atoms with Gasteiger partial charge in [0.25, 0.3) is 0 Å². The number of aryl methyl sites for hydroxylation is 1. The summed E-state index contributed by atoms with van der Waals surface area (Å²) in [6, 6.07) is 9.20. The van der Waals surface area contributed by atoms with Crippen LogP contribution in [0.4, 0.5) is 0 Å². The fraction of sp³-hybridized carbons (Fsp3) is 0.500. The molecule has 1 aromatic rings. The standard InChI is InChI=1S/C12H15O.BrH.Zn/c1-10-6-8-12(9-7-10)13-11-4-2-3-5-11;;/h6-8,11H,2-5H2,1H3;1H;/q-1;;+2/p-1. The third-order valence-electron chi connectivity index (χ3n) is 2.54. The predicted molar refractivity (Wildman–Crippen MR) is 61.8 cm³/mol. The Bertz CT molecular complexity index is 267. The monoisotopic (exact) mass is 318 g/mol. The molecule has 0 heterocycles. The first kappa shape index (κ1) is 13.2. The number of rotatable bonds is 2. The second-order valence-electron chi connectivity index (χ2n) is 3.75. The van der Waals surface area contributed by atoms with Crippen LogP contribution in [0.25, 0.3) is 0 Å². The second kappa shape index (κ2) is 7.41. The molecular weight excluding hydrogens is 305 g/mol. The van der Waals surface area contributed by atoms with Crippen LogP contribution in [0.1, 0.15) is 31.2 Å². The molecule has 78 valence electrons. The Morgan fingerprint density at radius 2 is 2.00 bits per heavy atom. The molecule has 0 atom stereocenters. The molecule has 0 amide bonds. The number of hydrogen-bond donors (Lipinski definition) is 0. The van der Waals surface area contributed by atoms with E-state index in [0.29, 0.717) is 6.10 Å². The molecule has 0 saturated heterocycles. The molecule has 0 unspecified atom stereocenters. The van der Waals surface area contributed by atoms with Gasteiger partial charge in [0.15, 0.2) is 0 Å². The molecule has 2 rings (SSSR count). The average Bonchev–Trinajstić information content (AvgIpc) is 2.77. The summed E-state index contributed by atoms with van der Waals surface area (Å²) in [6.07, 6.45) is 5.50. The van der Waals surface area contributed by atoms with E-state index in [1.165, 1.54) is 47.6 Å². The van der Waals surface area contributed by atoms with Gasteiger partial charge >= 0.3 is 30.0 Å². The first-order chi connectivity index (χ1) is 7.34. The van der Waals surface area contributed by atoms with Gasteiger partial charge in [-0.15, -0.1) is 12.1 Å². The van der Waals surface area contributed by atoms with Gasteiger partial charge in [0.05, 0.1) is 6.10 Å². The molecule has 0 bridgehead atoms. The van der Waals surface area contributed by atoms with Gasteiger partial charge in [-0.3, -0.25) is 0 Å². The molecule has 1 aromatic carbocycles. The Kier molecular flexibility index (Phi) is 6.51. The van der Waals surface area contributed by atoms with E-state index in [-0.39, 0.29) is 0 Å². The van der Waals surface area contributed by atoms with Crippen molar-refractivity contribution >= 4 is 13.6 Å². The predicted octanol–water partition coefficient (Wildman–Crippen LogP) is 3.96. The van der Waals surface area contributed by atoms with Gasteiger partial charge in [-0.25, -0.2) is 0 Å². The van der Waals surface area contributed by atoms with Crippen molar-refractivity contribution in [2.45, 2.75) is 38.7 Å². The molecule has 0 aromatic heterocycles. The van der Waals surface area contributed by atoms with Crippen LogP contribution in [0.3, 0.4) is 0 Å². The fourth-order valence-corrected chi connectivity index (χ4v) is 1.75. The molecule has 0 aliphatic heterocycles. The minimum atomic E-state index is 0.443. The van der Waals surface area contributed by atoms with Crippen LogP contribution in [0.5, 0.6) is 5.75 Å². The zero-order valence-corrected chi connectivity index (χ0v) is 13.7. The van der Waals surface area contributed by atoms with E-state index in [1.807, 2.05) is 12.1 Å². The molecule has 0 spiro atoms. The second-order valence-corrected chi connectivity index (χ2v) is 3.75. The van der Waals surface area contributed by atoms with E-state index in [4.69, 9.17) is 4.74 Å². The van der Waals surface area contributed by atoms with Gasteiger partial charge in [-0.1, -0.05) is 6.92 Å². The topological polar surface area (TPSA) is 9.23 Å². The van der Waals surface area contributed by atoms with Crippen LogP contribution in [0.2, 0.25) is 0 Å². The summed E-state index contributed by atoms with van der Waals surface area (Å²) in [4.78, 5) is 0. The van der Waals surface area contributed by atoms with E-state index in [0.717, 1.165) is 5.75 Å². The van der Waals surface area contributed by atoms with Crippen molar-refractivity contribution < 1.29 is 21.1 Å². The molecule has 1 aliphatic carbocycles. The van der Waals surface area contributed by atoms with Crippen LogP contribution >= 0.6 is 13.6 Å². The van der Waals surface area contributed by atoms with Crippen LogP contribution < -0.4 is 4.74 Å². The Balaban J connectivity index is 0.000000531. The van der Waals surface area contributed by atoms with Crippen molar-refractivity contribution in [1.82, 2.24) is 0 Å². The summed E-state index contributed by atoms with van der Waals surface area (Å²) < 4.78 is 5.77. The molecule has 0 radical (unpaired) electrons. The van der Waals surface area contributed by atoms with Crippen molar-refractivity contribution in [3.8, 4) is 5.75 Å². The minimum absolute atomic E-state index is 0.443. The summed E-state index contributed by atoms with van der Waals surface area (Å²) >= 11 is 4.25. The summed E-state index contributed by atoms with van der Waals surface area (Å²) in [6.45, 7) is 2.07. The third kappa shape index (κ3) is 4.65. The van der Waals surface area contributed by atoms with Crippen molar-refractivity contribution in [3.05, 3.63) is 29.8 Å². The first-order valence-corrected chi connectivity index (χ1v) is 12.2. The maximum absolute atomic E-state index is 5.77. The van der Waals surface area contributed by atoms with Gasteiger partial charge in [0.1, 0.15) is 0 Å². The van der Waals surface area contributed by atoms with E-state index < -0.39 is 0 Å². The summed E-state index contributed by atoms with van der Waals surface area (Å²) in [7, 11) is 0. The van der Waals surface area contributed by atoms with E-state index in [1.54, 1.807) is 0 Å². The number of benzene rings is 1. The van der Waals surface area contributed by atoms with Crippen molar-refractivity contribution in [2.24, 2.45) is 0 Å². The van der Waals surface area contributed by atoms with Gasteiger partial charge in [0.2, 0.25) is 0 Å². The van der Waals surface area contributed by atoms with Crippen LogP contribution in [-0.4, -0.2) is 6.10 Å². The SMILES string of the molecule is Cc1c[c-]c(OC2CCCC2)cc1.[Zn+][Br]. The first-order valence-electron chi connectivity index (χ1n) is 5.26. The number of hydrogen-bond acceptors (Lipinski definition) is 1. The Hall–Kier alpha value is 0.123. The zero-order valence-electron chi connectivity index (χ0n) is 9.13. The quantitative estimate of drug-likeness (QED) is 0.592. The van der Waals surface area contributed by atoms with Gasteiger partial charge < -0.3 is 4.74 Å². The Morgan fingerprint density at radius 1 is 1.33 bits per heavy atom. The molecule has 3 heteroatoms. The molecule has 1 aliphatic rings. The molecule has 1 nitrogen and oxygen atoms in total. The van der Waals surface area contributed by atoms with E-state index in [2.05, 4.69) is 32.7 Å². The van der Waals surface area contributed by atoms with E-state index >= 15 is 0 Å².